The molecule has 2 heterocycles. The summed E-state index contributed by atoms with van der Waals surface area (Å²) in [5.74, 6) is 1.00. The van der Waals surface area contributed by atoms with E-state index in [2.05, 4.69) is 39.9 Å². The molecule has 0 atom stereocenters. The topological polar surface area (TPSA) is 60.7 Å². The van der Waals surface area contributed by atoms with Gasteiger partial charge in [-0.3, -0.25) is 9.78 Å². The average Bonchev–Trinajstić information content (AvgIpc) is 3.28. The Balaban J connectivity index is 1.52. The van der Waals surface area contributed by atoms with Crippen LogP contribution in [0.25, 0.3) is 44.7 Å². The third-order valence-corrected chi connectivity index (χ3v) is 6.91. The third-order valence-electron chi connectivity index (χ3n) is 6.91. The molecule has 1 aliphatic rings. The zero-order chi connectivity index (χ0) is 23.1. The largest absolute Gasteiger partial charge is 0.321 e. The number of carbonyl (C=O) groups excluding carboxylic acids is 1. The molecule has 1 aliphatic carbocycles. The number of ketones is 1. The van der Waals surface area contributed by atoms with E-state index in [0.29, 0.717) is 11.6 Å². The molecule has 1 fully saturated rings. The molecule has 0 radical (unpaired) electrons. The SMILES string of the molecule is CC(=O)c1ccc2c(c1)nc(-c1ccc3ncc(-c4ccccc4)nc3c1)n2C1CCCCC1. The van der Waals surface area contributed by atoms with Gasteiger partial charge in [-0.05, 0) is 56.2 Å². The maximum atomic E-state index is 12.0. The monoisotopic (exact) mass is 446 g/mol. The van der Waals surface area contributed by atoms with Crippen LogP contribution in [0, 0.1) is 0 Å². The van der Waals surface area contributed by atoms with Gasteiger partial charge in [0.2, 0.25) is 0 Å². The van der Waals surface area contributed by atoms with Gasteiger partial charge < -0.3 is 4.57 Å². The van der Waals surface area contributed by atoms with E-state index in [-0.39, 0.29) is 5.78 Å². The van der Waals surface area contributed by atoms with Crippen molar-refractivity contribution in [2.45, 2.75) is 45.1 Å². The lowest BCUT2D eigenvalue weighted by Gasteiger charge is -2.25. The quantitative estimate of drug-likeness (QED) is 0.278. The highest BCUT2D eigenvalue weighted by atomic mass is 16.1. The van der Waals surface area contributed by atoms with E-state index in [0.717, 1.165) is 57.6 Å². The summed E-state index contributed by atoms with van der Waals surface area (Å²) >= 11 is 0. The van der Waals surface area contributed by atoms with Crippen molar-refractivity contribution in [1.29, 1.82) is 0 Å². The minimum Gasteiger partial charge on any atom is -0.321 e. The summed E-state index contributed by atoms with van der Waals surface area (Å²) in [5, 5.41) is 0. The molecule has 2 aromatic heterocycles. The number of carbonyl (C=O) groups is 1. The van der Waals surface area contributed by atoms with E-state index < -0.39 is 0 Å². The first kappa shape index (κ1) is 20.7. The molecule has 34 heavy (non-hydrogen) atoms. The average molecular weight is 447 g/mol. The summed E-state index contributed by atoms with van der Waals surface area (Å²) in [6, 6.07) is 22.7. The summed E-state index contributed by atoms with van der Waals surface area (Å²) in [5.41, 5.74) is 7.31. The number of Topliss-reactive ketones (excluding diaryl/α,β-unsaturated/α-hetero) is 1. The van der Waals surface area contributed by atoms with Crippen LogP contribution in [0.1, 0.15) is 55.4 Å². The lowest BCUT2D eigenvalue weighted by molar-refractivity contribution is 0.101. The number of imidazole rings is 1. The van der Waals surface area contributed by atoms with Gasteiger partial charge in [-0.15, -0.1) is 0 Å². The normalized spacial score (nSPS) is 14.6. The fourth-order valence-corrected chi connectivity index (χ4v) is 5.13. The zero-order valence-corrected chi connectivity index (χ0v) is 19.2. The third kappa shape index (κ3) is 3.67. The Hall–Kier alpha value is -3.86. The van der Waals surface area contributed by atoms with Crippen molar-refractivity contribution >= 4 is 27.9 Å². The molecule has 0 spiro atoms. The number of rotatable bonds is 4. The van der Waals surface area contributed by atoms with Gasteiger partial charge >= 0.3 is 0 Å². The van der Waals surface area contributed by atoms with Crippen molar-refractivity contribution in [2.75, 3.05) is 0 Å². The molecule has 5 nitrogen and oxygen atoms in total. The Morgan fingerprint density at radius 1 is 0.824 bits per heavy atom. The number of hydrogen-bond acceptors (Lipinski definition) is 4. The van der Waals surface area contributed by atoms with Gasteiger partial charge in [-0.1, -0.05) is 49.6 Å². The molecule has 5 aromatic rings. The molecule has 0 saturated heterocycles. The first-order valence-corrected chi connectivity index (χ1v) is 12.0. The fraction of sp³-hybridized carbons (Fsp3) is 0.241. The number of fused-ring (bicyclic) bond motifs is 2. The summed E-state index contributed by atoms with van der Waals surface area (Å²) in [7, 11) is 0. The highest BCUT2D eigenvalue weighted by Crippen LogP contribution is 2.36. The van der Waals surface area contributed by atoms with E-state index in [4.69, 9.17) is 9.97 Å². The van der Waals surface area contributed by atoms with Crippen molar-refractivity contribution in [2.24, 2.45) is 0 Å². The number of nitrogens with zero attached hydrogens (tertiary/aromatic N) is 4. The molecular formula is C29H26N4O. The van der Waals surface area contributed by atoms with Crippen molar-refractivity contribution in [3.05, 3.63) is 78.5 Å². The molecule has 0 unspecified atom stereocenters. The Labute approximate surface area is 198 Å². The van der Waals surface area contributed by atoms with Crippen molar-refractivity contribution in [3.63, 3.8) is 0 Å². The highest BCUT2D eigenvalue weighted by Gasteiger charge is 2.23. The Kier molecular flexibility index (Phi) is 5.17. The minimum atomic E-state index is 0.0603. The number of hydrogen-bond donors (Lipinski definition) is 0. The van der Waals surface area contributed by atoms with E-state index in [1.807, 2.05) is 42.6 Å². The predicted molar refractivity (Wildman–Crippen MR) is 136 cm³/mol. The van der Waals surface area contributed by atoms with Crippen LogP contribution >= 0.6 is 0 Å². The van der Waals surface area contributed by atoms with Gasteiger partial charge in [0.1, 0.15) is 5.82 Å². The number of benzene rings is 3. The lowest BCUT2D eigenvalue weighted by Crippen LogP contribution is -2.14. The molecule has 0 aliphatic heterocycles. The van der Waals surface area contributed by atoms with E-state index >= 15 is 0 Å². The van der Waals surface area contributed by atoms with Crippen LogP contribution in [-0.4, -0.2) is 25.3 Å². The van der Waals surface area contributed by atoms with Gasteiger partial charge in [0.05, 0.1) is 34.0 Å². The van der Waals surface area contributed by atoms with E-state index in [1.54, 1.807) is 6.92 Å². The van der Waals surface area contributed by atoms with Crippen LogP contribution in [0.4, 0.5) is 0 Å². The van der Waals surface area contributed by atoms with Gasteiger partial charge in [-0.2, -0.15) is 0 Å². The second kappa shape index (κ2) is 8.49. The maximum Gasteiger partial charge on any atom is 0.159 e. The Morgan fingerprint density at radius 3 is 2.44 bits per heavy atom. The molecule has 0 amide bonds. The van der Waals surface area contributed by atoms with Gasteiger partial charge in [-0.25, -0.2) is 9.97 Å². The Bertz CT molecular complexity index is 1510. The van der Waals surface area contributed by atoms with Crippen molar-refractivity contribution < 1.29 is 4.79 Å². The van der Waals surface area contributed by atoms with E-state index in [9.17, 15) is 4.79 Å². The molecule has 1 saturated carbocycles. The molecule has 5 heteroatoms. The van der Waals surface area contributed by atoms with Gasteiger partial charge in [0.25, 0.3) is 0 Å². The number of aromatic nitrogens is 4. The van der Waals surface area contributed by atoms with Crippen molar-refractivity contribution in [3.8, 4) is 22.6 Å². The van der Waals surface area contributed by atoms with Crippen LogP contribution in [0.15, 0.2) is 72.9 Å². The summed E-state index contributed by atoms with van der Waals surface area (Å²) in [4.78, 5) is 26.6. The molecule has 6 rings (SSSR count). The van der Waals surface area contributed by atoms with Crippen LogP contribution < -0.4 is 0 Å². The standard InChI is InChI=1S/C29H26N4O/c1-19(34)21-13-15-28-26(16-21)32-29(33(28)23-10-6-3-7-11-23)22-12-14-24-25(17-22)31-27(18-30-24)20-8-4-2-5-9-20/h2,4-5,8-9,12-18,23H,3,6-7,10-11H2,1H3. The predicted octanol–water partition coefficient (Wildman–Crippen LogP) is 7.02. The summed E-state index contributed by atoms with van der Waals surface area (Å²) in [6.07, 6.45) is 7.90. The second-order valence-corrected chi connectivity index (χ2v) is 9.18. The van der Waals surface area contributed by atoms with Crippen LogP contribution in [0.2, 0.25) is 0 Å². The smallest absolute Gasteiger partial charge is 0.159 e. The van der Waals surface area contributed by atoms with Crippen LogP contribution in [-0.2, 0) is 0 Å². The first-order valence-electron chi connectivity index (χ1n) is 12.0. The highest BCUT2D eigenvalue weighted by molar-refractivity contribution is 5.98. The molecule has 0 N–H and O–H groups in total. The summed E-state index contributed by atoms with van der Waals surface area (Å²) < 4.78 is 2.40. The fourth-order valence-electron chi connectivity index (χ4n) is 5.13. The van der Waals surface area contributed by atoms with Crippen LogP contribution in [0.5, 0.6) is 0 Å². The second-order valence-electron chi connectivity index (χ2n) is 9.18. The van der Waals surface area contributed by atoms with Crippen molar-refractivity contribution in [1.82, 2.24) is 19.5 Å². The Morgan fingerprint density at radius 2 is 1.65 bits per heavy atom. The molecular weight excluding hydrogens is 420 g/mol. The first-order chi connectivity index (χ1) is 16.7. The maximum absolute atomic E-state index is 12.0. The van der Waals surface area contributed by atoms with E-state index in [1.165, 1.54) is 19.3 Å². The van der Waals surface area contributed by atoms with Gasteiger partial charge in [0.15, 0.2) is 5.78 Å². The molecule has 3 aromatic carbocycles. The molecule has 168 valence electrons. The van der Waals surface area contributed by atoms with Gasteiger partial charge in [0, 0.05) is 22.7 Å². The summed E-state index contributed by atoms with van der Waals surface area (Å²) in [6.45, 7) is 1.60. The zero-order valence-electron chi connectivity index (χ0n) is 19.2. The minimum absolute atomic E-state index is 0.0603. The van der Waals surface area contributed by atoms with Crippen LogP contribution in [0.3, 0.4) is 0 Å². The molecule has 0 bridgehead atoms. The lowest BCUT2D eigenvalue weighted by atomic mass is 9.94.